The molecule has 1 aliphatic rings. The molecule has 0 radical (unpaired) electrons. The number of carbonyl (C=O) groups is 3. The summed E-state index contributed by atoms with van der Waals surface area (Å²) in [5.41, 5.74) is 1.35. The molecular formula is C22H21N3O4. The third-order valence-electron chi connectivity index (χ3n) is 4.61. The van der Waals surface area contributed by atoms with Gasteiger partial charge < -0.3 is 15.0 Å². The lowest BCUT2D eigenvalue weighted by atomic mass is 10.1. The van der Waals surface area contributed by atoms with Crippen molar-refractivity contribution in [1.82, 2.24) is 4.90 Å². The molecule has 0 saturated carbocycles. The van der Waals surface area contributed by atoms with E-state index in [2.05, 4.69) is 5.32 Å². The first-order valence-corrected chi connectivity index (χ1v) is 9.40. The van der Waals surface area contributed by atoms with Crippen LogP contribution in [-0.4, -0.2) is 35.8 Å². The summed E-state index contributed by atoms with van der Waals surface area (Å²) in [7, 11) is 0. The van der Waals surface area contributed by atoms with E-state index in [-0.39, 0.29) is 17.9 Å². The van der Waals surface area contributed by atoms with Gasteiger partial charge in [-0.15, -0.1) is 0 Å². The summed E-state index contributed by atoms with van der Waals surface area (Å²) < 4.78 is 5.60. The number of likely N-dealkylation sites (tertiary alicyclic amines) is 1. The van der Waals surface area contributed by atoms with Crippen LogP contribution in [0.1, 0.15) is 41.3 Å². The molecule has 1 N–H and O–H groups in total. The summed E-state index contributed by atoms with van der Waals surface area (Å²) in [6.07, 6.45) is 0.637. The zero-order valence-electron chi connectivity index (χ0n) is 15.8. The van der Waals surface area contributed by atoms with Gasteiger partial charge >= 0.3 is 5.97 Å². The predicted molar refractivity (Wildman–Crippen MR) is 106 cm³/mol. The van der Waals surface area contributed by atoms with Gasteiger partial charge in [0, 0.05) is 24.3 Å². The van der Waals surface area contributed by atoms with Crippen molar-refractivity contribution in [3.63, 3.8) is 0 Å². The maximum atomic E-state index is 12.9. The number of esters is 1. The fourth-order valence-electron chi connectivity index (χ4n) is 3.13. The van der Waals surface area contributed by atoms with Gasteiger partial charge in [0.1, 0.15) is 6.42 Å². The van der Waals surface area contributed by atoms with Gasteiger partial charge in [0.05, 0.1) is 11.6 Å². The fourth-order valence-corrected chi connectivity index (χ4v) is 3.13. The summed E-state index contributed by atoms with van der Waals surface area (Å²) in [5, 5.41) is 11.1. The number of nitrogens with zero attached hydrogens (tertiary/aromatic N) is 2. The molecule has 1 heterocycles. The molecule has 1 fully saturated rings. The third kappa shape index (κ3) is 5.20. The van der Waals surface area contributed by atoms with Crippen LogP contribution < -0.4 is 5.32 Å². The molecule has 2 amide bonds. The van der Waals surface area contributed by atoms with Crippen LogP contribution in [0.2, 0.25) is 0 Å². The second-order valence-corrected chi connectivity index (χ2v) is 6.69. The van der Waals surface area contributed by atoms with Crippen molar-refractivity contribution in [2.45, 2.75) is 25.4 Å². The minimum absolute atomic E-state index is 0.220. The predicted octanol–water partition coefficient (Wildman–Crippen LogP) is 3.06. The molecule has 0 bridgehead atoms. The normalized spacial score (nSPS) is 14.0. The quantitative estimate of drug-likeness (QED) is 0.763. The summed E-state index contributed by atoms with van der Waals surface area (Å²) in [6, 6.07) is 16.8. The van der Waals surface area contributed by atoms with Crippen LogP contribution in [0.15, 0.2) is 54.6 Å². The Hall–Kier alpha value is -3.66. The molecule has 0 aromatic heterocycles. The summed E-state index contributed by atoms with van der Waals surface area (Å²) in [6.45, 7) is 1.33. The van der Waals surface area contributed by atoms with Gasteiger partial charge in [-0.1, -0.05) is 30.3 Å². The molecule has 3 rings (SSSR count). The van der Waals surface area contributed by atoms with E-state index >= 15 is 0 Å². The number of nitriles is 1. The minimum atomic E-state index is -1.00. The Kier molecular flexibility index (Phi) is 6.59. The fraction of sp³-hybridized carbons (Fsp3) is 0.273. The lowest BCUT2D eigenvalue weighted by Gasteiger charge is -2.23. The highest BCUT2D eigenvalue weighted by Gasteiger charge is 2.31. The van der Waals surface area contributed by atoms with Crippen LogP contribution in [0, 0.1) is 11.3 Å². The Labute approximate surface area is 168 Å². The monoisotopic (exact) mass is 391 g/mol. The van der Waals surface area contributed by atoms with E-state index in [1.165, 1.54) is 12.1 Å². The van der Waals surface area contributed by atoms with Crippen molar-refractivity contribution in [3.05, 3.63) is 65.7 Å². The highest BCUT2D eigenvalue weighted by Crippen LogP contribution is 2.24. The highest BCUT2D eigenvalue weighted by atomic mass is 16.5. The van der Waals surface area contributed by atoms with Gasteiger partial charge in [-0.3, -0.25) is 9.59 Å². The van der Waals surface area contributed by atoms with Crippen LogP contribution in [0.3, 0.4) is 0 Å². The smallest absolute Gasteiger partial charge is 0.339 e. The van der Waals surface area contributed by atoms with Gasteiger partial charge in [-0.05, 0) is 37.1 Å². The molecule has 2 aromatic carbocycles. The minimum Gasteiger partial charge on any atom is -0.444 e. The Morgan fingerprint density at radius 3 is 2.31 bits per heavy atom. The summed E-state index contributed by atoms with van der Waals surface area (Å²) in [4.78, 5) is 38.8. The molecule has 1 aliphatic heterocycles. The number of benzene rings is 2. The number of carbonyl (C=O) groups excluding carboxylic acids is 3. The van der Waals surface area contributed by atoms with E-state index in [0.29, 0.717) is 24.3 Å². The Morgan fingerprint density at radius 1 is 1.03 bits per heavy atom. The van der Waals surface area contributed by atoms with Crippen molar-refractivity contribution < 1.29 is 19.1 Å². The number of amides is 2. The van der Waals surface area contributed by atoms with Crippen LogP contribution in [0.4, 0.5) is 5.69 Å². The Bertz CT molecular complexity index is 913. The largest absolute Gasteiger partial charge is 0.444 e. The zero-order valence-corrected chi connectivity index (χ0v) is 15.8. The van der Waals surface area contributed by atoms with Crippen molar-refractivity contribution in [2.24, 2.45) is 0 Å². The number of rotatable bonds is 6. The molecule has 148 valence electrons. The molecule has 0 aliphatic carbocycles. The second kappa shape index (κ2) is 9.51. The van der Waals surface area contributed by atoms with Crippen molar-refractivity contribution in [2.75, 3.05) is 18.4 Å². The number of hydrogen-bond acceptors (Lipinski definition) is 5. The first-order chi connectivity index (χ1) is 14.1. The van der Waals surface area contributed by atoms with E-state index < -0.39 is 18.0 Å². The lowest BCUT2D eigenvalue weighted by Crippen LogP contribution is -2.34. The summed E-state index contributed by atoms with van der Waals surface area (Å²) >= 11 is 0. The van der Waals surface area contributed by atoms with Gasteiger partial charge in [0.25, 0.3) is 5.91 Å². The van der Waals surface area contributed by atoms with E-state index in [9.17, 15) is 14.4 Å². The first-order valence-electron chi connectivity index (χ1n) is 9.40. The van der Waals surface area contributed by atoms with Gasteiger partial charge in [0.15, 0.2) is 0 Å². The maximum Gasteiger partial charge on any atom is 0.339 e. The van der Waals surface area contributed by atoms with Crippen molar-refractivity contribution in [3.8, 4) is 6.07 Å². The number of anilines is 1. The van der Waals surface area contributed by atoms with E-state index in [4.69, 9.17) is 10.00 Å². The molecule has 29 heavy (non-hydrogen) atoms. The van der Waals surface area contributed by atoms with E-state index in [1.807, 2.05) is 6.07 Å². The van der Waals surface area contributed by atoms with Crippen LogP contribution >= 0.6 is 0 Å². The standard InChI is InChI=1S/C22H21N3O4/c23-13-12-19(26)24-18-10-8-17(9-11-18)22(28)29-20(16-6-2-1-3-7-16)21(27)25-14-4-5-15-25/h1-3,6-11,20H,4-5,12,14-15H2,(H,24,26)/t20-/m1/s1. The zero-order chi connectivity index (χ0) is 20.6. The van der Waals surface area contributed by atoms with E-state index in [1.54, 1.807) is 47.4 Å². The van der Waals surface area contributed by atoms with Gasteiger partial charge in [-0.25, -0.2) is 4.79 Å². The average molecular weight is 391 g/mol. The molecule has 7 nitrogen and oxygen atoms in total. The third-order valence-corrected chi connectivity index (χ3v) is 4.61. The molecule has 2 aromatic rings. The molecule has 0 spiro atoms. The molecule has 7 heteroatoms. The number of hydrogen-bond donors (Lipinski definition) is 1. The molecule has 1 atom stereocenters. The number of ether oxygens (including phenoxy) is 1. The van der Waals surface area contributed by atoms with Gasteiger partial charge in [-0.2, -0.15) is 5.26 Å². The summed E-state index contributed by atoms with van der Waals surface area (Å²) in [5.74, 6) is -1.27. The van der Waals surface area contributed by atoms with E-state index in [0.717, 1.165) is 12.8 Å². The van der Waals surface area contributed by atoms with Crippen LogP contribution in [0.25, 0.3) is 0 Å². The van der Waals surface area contributed by atoms with Crippen LogP contribution in [0.5, 0.6) is 0 Å². The molecule has 1 saturated heterocycles. The van der Waals surface area contributed by atoms with Crippen molar-refractivity contribution in [1.29, 1.82) is 5.26 Å². The SMILES string of the molecule is N#CCC(=O)Nc1ccc(C(=O)O[C@@H](C(=O)N2CCCC2)c2ccccc2)cc1. The Balaban J connectivity index is 1.73. The first kappa shape index (κ1) is 20.1. The lowest BCUT2D eigenvalue weighted by molar-refractivity contribution is -0.140. The Morgan fingerprint density at radius 2 is 1.69 bits per heavy atom. The van der Waals surface area contributed by atoms with Crippen LogP contribution in [-0.2, 0) is 14.3 Å². The molecule has 0 unspecified atom stereocenters. The topological polar surface area (TPSA) is 99.5 Å². The highest BCUT2D eigenvalue weighted by molar-refractivity contribution is 5.95. The van der Waals surface area contributed by atoms with Crippen molar-refractivity contribution >= 4 is 23.5 Å². The second-order valence-electron chi connectivity index (χ2n) is 6.69. The number of nitrogens with one attached hydrogen (secondary N) is 1. The van der Waals surface area contributed by atoms with Gasteiger partial charge in [0.2, 0.25) is 12.0 Å². The maximum absolute atomic E-state index is 12.9. The average Bonchev–Trinajstić information content (AvgIpc) is 3.27. The molecular weight excluding hydrogens is 370 g/mol.